The number of benzene rings is 1. The highest BCUT2D eigenvalue weighted by Gasteiger charge is 2.15. The lowest BCUT2D eigenvalue weighted by Crippen LogP contribution is -1.95. The minimum atomic E-state index is -0.976. The summed E-state index contributed by atoms with van der Waals surface area (Å²) in [6.45, 7) is 0. The average Bonchev–Trinajstić information content (AvgIpc) is 2.93. The molecule has 0 amide bonds. The normalized spacial score (nSPS) is 11.1. The number of fused-ring (bicyclic) bond motifs is 1. The summed E-state index contributed by atoms with van der Waals surface area (Å²) in [5.74, 6) is -0.341. The number of carbonyl (C=O) groups is 1. The number of carboxylic acid groups (broad SMARTS) is 1. The topological polar surface area (TPSA) is 68.3 Å². The number of rotatable bonds is 2. The molecular formula is C13H9ClN2O3. The second-order valence-electron chi connectivity index (χ2n) is 4.11. The molecule has 0 bridgehead atoms. The lowest BCUT2D eigenvalue weighted by Gasteiger charge is -1.99. The summed E-state index contributed by atoms with van der Waals surface area (Å²) in [7, 11) is 1.84. The second kappa shape index (κ2) is 4.13. The van der Waals surface area contributed by atoms with Gasteiger partial charge in [0.15, 0.2) is 0 Å². The Kier molecular flexibility index (Phi) is 2.57. The van der Waals surface area contributed by atoms with Crippen molar-refractivity contribution in [1.29, 1.82) is 0 Å². The molecular weight excluding hydrogens is 268 g/mol. The van der Waals surface area contributed by atoms with Crippen molar-refractivity contribution >= 4 is 28.6 Å². The van der Waals surface area contributed by atoms with Gasteiger partial charge < -0.3 is 14.1 Å². The van der Waals surface area contributed by atoms with E-state index < -0.39 is 5.97 Å². The van der Waals surface area contributed by atoms with E-state index in [1.165, 1.54) is 12.3 Å². The second-order valence-corrected chi connectivity index (χ2v) is 4.45. The average molecular weight is 277 g/mol. The van der Waals surface area contributed by atoms with Crippen molar-refractivity contribution in [2.75, 3.05) is 0 Å². The lowest BCUT2D eigenvalue weighted by molar-refractivity contribution is 0.0697. The third-order valence-corrected chi connectivity index (χ3v) is 3.28. The van der Waals surface area contributed by atoms with Crippen LogP contribution in [0.1, 0.15) is 10.4 Å². The van der Waals surface area contributed by atoms with Crippen LogP contribution in [0.15, 0.2) is 34.9 Å². The third kappa shape index (κ3) is 1.79. The maximum atomic E-state index is 10.9. The van der Waals surface area contributed by atoms with E-state index in [0.29, 0.717) is 16.9 Å². The standard InChI is InChI=1S/C13H9ClN2O3/c1-16-10-3-2-7(13(17)18)6-9(10)15-12(16)8-4-5-19-11(8)14/h2-6H,1H3,(H,17,18). The molecule has 1 N–H and O–H groups in total. The van der Waals surface area contributed by atoms with Gasteiger partial charge in [-0.15, -0.1) is 0 Å². The molecule has 3 aromatic rings. The SMILES string of the molecule is Cn1c(-c2ccoc2Cl)nc2cc(C(=O)O)ccc21. The first-order chi connectivity index (χ1) is 9.08. The van der Waals surface area contributed by atoms with Crippen LogP contribution in [0.5, 0.6) is 0 Å². The summed E-state index contributed by atoms with van der Waals surface area (Å²) >= 11 is 5.94. The molecule has 0 aliphatic carbocycles. The smallest absolute Gasteiger partial charge is 0.335 e. The van der Waals surface area contributed by atoms with Gasteiger partial charge in [0, 0.05) is 7.05 Å². The van der Waals surface area contributed by atoms with E-state index in [4.69, 9.17) is 21.1 Å². The van der Waals surface area contributed by atoms with E-state index in [0.717, 1.165) is 5.52 Å². The fraction of sp³-hybridized carbons (Fsp3) is 0.0769. The molecule has 0 unspecified atom stereocenters. The van der Waals surface area contributed by atoms with E-state index >= 15 is 0 Å². The fourth-order valence-corrected chi connectivity index (χ4v) is 2.23. The van der Waals surface area contributed by atoms with Crippen molar-refractivity contribution in [3.8, 4) is 11.4 Å². The van der Waals surface area contributed by atoms with Gasteiger partial charge in [0.25, 0.3) is 0 Å². The molecule has 0 aliphatic rings. The molecule has 0 radical (unpaired) electrons. The molecule has 0 fully saturated rings. The molecule has 0 saturated heterocycles. The number of aryl methyl sites for hydroxylation is 1. The minimum Gasteiger partial charge on any atom is -0.478 e. The molecule has 19 heavy (non-hydrogen) atoms. The predicted octanol–water partition coefficient (Wildman–Crippen LogP) is 3.18. The van der Waals surface area contributed by atoms with E-state index in [1.807, 2.05) is 11.6 Å². The molecule has 2 heterocycles. The third-order valence-electron chi connectivity index (χ3n) is 2.99. The first-order valence-electron chi connectivity index (χ1n) is 5.51. The predicted molar refractivity (Wildman–Crippen MR) is 70.4 cm³/mol. The van der Waals surface area contributed by atoms with Crippen LogP contribution in [0.3, 0.4) is 0 Å². The molecule has 0 aliphatic heterocycles. The number of imidazole rings is 1. The van der Waals surface area contributed by atoms with Crippen LogP contribution in [-0.4, -0.2) is 20.6 Å². The quantitative estimate of drug-likeness (QED) is 0.780. The zero-order valence-electron chi connectivity index (χ0n) is 9.92. The number of hydrogen-bond acceptors (Lipinski definition) is 3. The summed E-state index contributed by atoms with van der Waals surface area (Å²) in [4.78, 5) is 15.4. The Bertz CT molecular complexity index is 788. The molecule has 2 aromatic heterocycles. The highest BCUT2D eigenvalue weighted by atomic mass is 35.5. The Morgan fingerprint density at radius 1 is 1.42 bits per heavy atom. The lowest BCUT2D eigenvalue weighted by atomic mass is 10.2. The summed E-state index contributed by atoms with van der Waals surface area (Å²) in [6, 6.07) is 6.53. The van der Waals surface area contributed by atoms with Gasteiger partial charge >= 0.3 is 5.97 Å². The van der Waals surface area contributed by atoms with Crippen molar-refractivity contribution in [3.05, 3.63) is 41.3 Å². The van der Waals surface area contributed by atoms with Crippen LogP contribution < -0.4 is 0 Å². The van der Waals surface area contributed by atoms with Crippen LogP contribution in [0.4, 0.5) is 0 Å². The van der Waals surface area contributed by atoms with E-state index in [9.17, 15) is 4.79 Å². The Morgan fingerprint density at radius 3 is 2.84 bits per heavy atom. The Labute approximate surface area is 113 Å². The molecule has 0 saturated carbocycles. The number of halogens is 1. The van der Waals surface area contributed by atoms with Gasteiger partial charge in [-0.1, -0.05) is 0 Å². The number of carboxylic acids is 1. The molecule has 96 valence electrons. The van der Waals surface area contributed by atoms with Crippen molar-refractivity contribution in [3.63, 3.8) is 0 Å². The van der Waals surface area contributed by atoms with Crippen LogP contribution in [0.2, 0.25) is 5.22 Å². The first-order valence-corrected chi connectivity index (χ1v) is 5.89. The van der Waals surface area contributed by atoms with Crippen molar-refractivity contribution in [2.24, 2.45) is 7.05 Å². The molecule has 5 nitrogen and oxygen atoms in total. The van der Waals surface area contributed by atoms with Crippen molar-refractivity contribution in [2.45, 2.75) is 0 Å². The van der Waals surface area contributed by atoms with E-state index in [2.05, 4.69) is 4.98 Å². The largest absolute Gasteiger partial charge is 0.478 e. The number of aromatic nitrogens is 2. The molecule has 0 spiro atoms. The summed E-state index contributed by atoms with van der Waals surface area (Å²) in [5, 5.41) is 9.24. The molecule has 0 atom stereocenters. The van der Waals surface area contributed by atoms with Crippen molar-refractivity contribution < 1.29 is 14.3 Å². The highest BCUT2D eigenvalue weighted by molar-refractivity contribution is 6.31. The van der Waals surface area contributed by atoms with Gasteiger partial charge in [0.1, 0.15) is 5.82 Å². The van der Waals surface area contributed by atoms with Gasteiger partial charge in [-0.2, -0.15) is 0 Å². The number of nitrogens with zero attached hydrogens (tertiary/aromatic N) is 2. The summed E-state index contributed by atoms with van der Waals surface area (Å²) in [6.07, 6.45) is 1.49. The zero-order valence-corrected chi connectivity index (χ0v) is 10.7. The fourth-order valence-electron chi connectivity index (χ4n) is 2.03. The van der Waals surface area contributed by atoms with Gasteiger partial charge in [0.2, 0.25) is 5.22 Å². The number of aromatic carboxylic acids is 1. The molecule has 6 heteroatoms. The Balaban J connectivity index is 2.26. The number of hydrogen-bond donors (Lipinski definition) is 1. The monoisotopic (exact) mass is 276 g/mol. The maximum Gasteiger partial charge on any atom is 0.335 e. The van der Waals surface area contributed by atoms with Gasteiger partial charge in [-0.3, -0.25) is 0 Å². The van der Waals surface area contributed by atoms with E-state index in [-0.39, 0.29) is 10.8 Å². The highest BCUT2D eigenvalue weighted by Crippen LogP contribution is 2.30. The summed E-state index contributed by atoms with van der Waals surface area (Å²) in [5.41, 5.74) is 2.32. The maximum absolute atomic E-state index is 10.9. The Morgan fingerprint density at radius 2 is 2.21 bits per heavy atom. The van der Waals surface area contributed by atoms with Crippen LogP contribution in [0.25, 0.3) is 22.4 Å². The van der Waals surface area contributed by atoms with Crippen LogP contribution >= 0.6 is 11.6 Å². The Hall–Kier alpha value is -2.27. The van der Waals surface area contributed by atoms with E-state index in [1.54, 1.807) is 18.2 Å². The zero-order chi connectivity index (χ0) is 13.6. The van der Waals surface area contributed by atoms with Gasteiger partial charge in [-0.25, -0.2) is 9.78 Å². The van der Waals surface area contributed by atoms with Gasteiger partial charge in [-0.05, 0) is 35.9 Å². The van der Waals surface area contributed by atoms with Crippen molar-refractivity contribution in [1.82, 2.24) is 9.55 Å². The molecule has 1 aromatic carbocycles. The van der Waals surface area contributed by atoms with Gasteiger partial charge in [0.05, 0.1) is 28.4 Å². The summed E-state index contributed by atoms with van der Waals surface area (Å²) < 4.78 is 6.89. The molecule has 3 rings (SSSR count). The minimum absolute atomic E-state index is 0.204. The van der Waals surface area contributed by atoms with Crippen LogP contribution in [0, 0.1) is 0 Å². The number of furan rings is 1. The van der Waals surface area contributed by atoms with Crippen LogP contribution in [-0.2, 0) is 7.05 Å². The first kappa shape index (κ1) is 11.8.